The van der Waals surface area contributed by atoms with Gasteiger partial charge in [-0.05, 0) is 42.0 Å². The molecule has 2 aromatic carbocycles. The van der Waals surface area contributed by atoms with Gasteiger partial charge in [0.05, 0.1) is 12.5 Å². The van der Waals surface area contributed by atoms with Gasteiger partial charge in [0.1, 0.15) is 19.3 Å². The third-order valence-corrected chi connectivity index (χ3v) is 5.79. The first kappa shape index (κ1) is 22.3. The molecule has 1 aliphatic rings. The number of ether oxygens (including phenoxy) is 1. The Balaban J connectivity index is 1.44. The highest BCUT2D eigenvalue weighted by atomic mass is 32.2. The zero-order valence-corrected chi connectivity index (χ0v) is 18.7. The van der Waals surface area contributed by atoms with Gasteiger partial charge in [0, 0.05) is 17.8 Å². The molecule has 0 spiro atoms. The van der Waals surface area contributed by atoms with Crippen LogP contribution in [-0.4, -0.2) is 60.4 Å². The number of hydrogen-bond acceptors (Lipinski definition) is 6. The van der Waals surface area contributed by atoms with Crippen LogP contribution in [0.5, 0.6) is 5.75 Å². The van der Waals surface area contributed by atoms with Gasteiger partial charge in [0.2, 0.25) is 20.0 Å². The first-order valence-corrected chi connectivity index (χ1v) is 13.0. The van der Waals surface area contributed by atoms with E-state index in [9.17, 15) is 16.8 Å². The molecule has 0 saturated carbocycles. The zero-order chi connectivity index (χ0) is 22.0. The molecule has 11 heteroatoms. The lowest BCUT2D eigenvalue weighted by Crippen LogP contribution is -2.28. The van der Waals surface area contributed by atoms with E-state index in [1.54, 1.807) is 36.4 Å². The molecular weight excluding hydrogens is 430 g/mol. The number of rotatable bonds is 10. The first-order chi connectivity index (χ1) is 13.9. The molecule has 2 atom stereocenters. The van der Waals surface area contributed by atoms with Gasteiger partial charge in [-0.1, -0.05) is 12.1 Å². The lowest BCUT2D eigenvalue weighted by molar-refractivity contribution is -0.903. The summed E-state index contributed by atoms with van der Waals surface area (Å²) in [6.07, 6.45) is 2.91. The van der Waals surface area contributed by atoms with Gasteiger partial charge in [-0.2, -0.15) is 0 Å². The number of likely N-dealkylation sites (N-methyl/N-ethyl adjacent to an activating group) is 1. The Hall–Kier alpha value is -2.34. The number of nitrogens with one attached hydrogen (secondary N) is 2. The standard InChI is InChI=1S/C19H26N3O6S2/c1-22(13-12-15-4-6-16(7-5-15)20-29(2,23)24)19(28-22)14-27-18-10-8-17(9-11-18)21-30(3,25)26/h4-11,19-21H,12-14H2,1-3H3/q+1. The minimum Gasteiger partial charge on any atom is -0.484 e. The van der Waals surface area contributed by atoms with Gasteiger partial charge in [0.25, 0.3) is 0 Å². The molecule has 0 radical (unpaired) electrons. The normalized spacial score (nSPS) is 21.1. The molecule has 0 aromatic heterocycles. The van der Waals surface area contributed by atoms with Crippen LogP contribution in [-0.2, 0) is 31.3 Å². The number of nitrogens with zero attached hydrogens (tertiary/aromatic N) is 1. The second-order valence-corrected chi connectivity index (χ2v) is 11.0. The molecule has 0 amide bonds. The predicted molar refractivity (Wildman–Crippen MR) is 115 cm³/mol. The van der Waals surface area contributed by atoms with Crippen molar-refractivity contribution in [1.82, 2.24) is 0 Å². The fourth-order valence-electron chi connectivity index (χ4n) is 2.94. The Labute approximate surface area is 177 Å². The highest BCUT2D eigenvalue weighted by Gasteiger charge is 2.55. The number of quaternary nitrogens is 1. The SMILES string of the molecule is C[N+]1(CCc2ccc(NS(C)(=O)=O)cc2)OC1COc1ccc(NS(C)(=O)=O)cc1. The maximum atomic E-state index is 11.3. The van der Waals surface area contributed by atoms with Crippen LogP contribution in [0.4, 0.5) is 11.4 Å². The molecule has 1 aliphatic heterocycles. The molecule has 3 rings (SSSR count). The minimum atomic E-state index is -3.30. The van der Waals surface area contributed by atoms with E-state index in [0.29, 0.717) is 28.4 Å². The van der Waals surface area contributed by atoms with Gasteiger partial charge in [-0.25, -0.2) is 16.8 Å². The second-order valence-electron chi connectivity index (χ2n) is 7.49. The molecule has 2 N–H and O–H groups in total. The van der Waals surface area contributed by atoms with Crippen LogP contribution in [0.2, 0.25) is 0 Å². The molecule has 164 valence electrons. The van der Waals surface area contributed by atoms with Crippen LogP contribution in [0.15, 0.2) is 48.5 Å². The van der Waals surface area contributed by atoms with Gasteiger partial charge in [-0.15, -0.1) is 9.48 Å². The van der Waals surface area contributed by atoms with Crippen molar-refractivity contribution in [2.75, 3.05) is 42.2 Å². The fourth-order valence-corrected chi connectivity index (χ4v) is 4.07. The highest BCUT2D eigenvalue weighted by Crippen LogP contribution is 2.31. The van der Waals surface area contributed by atoms with Crippen LogP contribution < -0.4 is 14.2 Å². The smallest absolute Gasteiger partial charge is 0.307 e. The van der Waals surface area contributed by atoms with E-state index in [1.165, 1.54) is 0 Å². The van der Waals surface area contributed by atoms with Crippen LogP contribution in [0.3, 0.4) is 0 Å². The Morgan fingerprint density at radius 2 is 1.40 bits per heavy atom. The summed E-state index contributed by atoms with van der Waals surface area (Å²) >= 11 is 0. The lowest BCUT2D eigenvalue weighted by atomic mass is 10.1. The maximum Gasteiger partial charge on any atom is 0.307 e. The van der Waals surface area contributed by atoms with E-state index in [-0.39, 0.29) is 6.23 Å². The number of sulfonamides is 2. The first-order valence-electron chi connectivity index (χ1n) is 9.23. The van der Waals surface area contributed by atoms with Crippen molar-refractivity contribution in [2.24, 2.45) is 0 Å². The largest absolute Gasteiger partial charge is 0.484 e. The van der Waals surface area contributed by atoms with E-state index in [4.69, 9.17) is 9.57 Å². The Bertz CT molecular complexity index is 1090. The zero-order valence-electron chi connectivity index (χ0n) is 17.0. The number of anilines is 2. The molecule has 0 aliphatic carbocycles. The van der Waals surface area contributed by atoms with Crippen molar-refractivity contribution in [1.29, 1.82) is 0 Å². The average molecular weight is 457 g/mol. The fraction of sp³-hybridized carbons (Fsp3) is 0.368. The Kier molecular flexibility index (Phi) is 6.27. The molecular formula is C19H26N3O6S2+. The van der Waals surface area contributed by atoms with Crippen molar-refractivity contribution in [3.63, 3.8) is 0 Å². The van der Waals surface area contributed by atoms with Gasteiger partial charge >= 0.3 is 6.23 Å². The molecule has 1 heterocycles. The summed E-state index contributed by atoms with van der Waals surface area (Å²) in [5.74, 6) is 0.630. The van der Waals surface area contributed by atoms with Gasteiger partial charge in [-0.3, -0.25) is 9.44 Å². The van der Waals surface area contributed by atoms with Crippen molar-refractivity contribution >= 4 is 31.4 Å². The Morgan fingerprint density at radius 1 is 0.900 bits per heavy atom. The number of hydroxylamine groups is 3. The number of hydrogen-bond donors (Lipinski definition) is 2. The van der Waals surface area contributed by atoms with E-state index in [2.05, 4.69) is 9.44 Å². The van der Waals surface area contributed by atoms with Crippen LogP contribution >= 0.6 is 0 Å². The lowest BCUT2D eigenvalue weighted by Gasteiger charge is -2.10. The molecule has 9 nitrogen and oxygen atoms in total. The van der Waals surface area contributed by atoms with Crippen molar-refractivity contribution in [2.45, 2.75) is 12.6 Å². The summed E-state index contributed by atoms with van der Waals surface area (Å²) in [4.78, 5) is 5.76. The molecule has 2 unspecified atom stereocenters. The Morgan fingerprint density at radius 3 is 1.90 bits per heavy atom. The summed E-state index contributed by atoms with van der Waals surface area (Å²) in [5, 5.41) is 0. The molecule has 2 aromatic rings. The van der Waals surface area contributed by atoms with E-state index in [1.807, 2.05) is 19.2 Å². The van der Waals surface area contributed by atoms with E-state index < -0.39 is 20.0 Å². The minimum absolute atomic E-state index is 0.0787. The topological polar surface area (TPSA) is 114 Å². The summed E-state index contributed by atoms with van der Waals surface area (Å²) < 4.78 is 56.0. The highest BCUT2D eigenvalue weighted by molar-refractivity contribution is 7.92. The predicted octanol–water partition coefficient (Wildman–Crippen LogP) is 1.77. The van der Waals surface area contributed by atoms with Gasteiger partial charge in [0.15, 0.2) is 6.61 Å². The molecule has 0 bridgehead atoms. The van der Waals surface area contributed by atoms with Crippen LogP contribution in [0.25, 0.3) is 0 Å². The van der Waals surface area contributed by atoms with Crippen molar-refractivity contribution < 1.29 is 31.1 Å². The summed E-state index contributed by atoms with van der Waals surface area (Å²) in [6, 6.07) is 13.9. The van der Waals surface area contributed by atoms with Crippen LogP contribution in [0.1, 0.15) is 5.56 Å². The average Bonchev–Trinajstić information content (AvgIpc) is 3.28. The third-order valence-electron chi connectivity index (χ3n) is 4.58. The summed E-state index contributed by atoms with van der Waals surface area (Å²) in [7, 11) is -4.61. The van der Waals surface area contributed by atoms with Crippen molar-refractivity contribution in [3.05, 3.63) is 54.1 Å². The van der Waals surface area contributed by atoms with Crippen LogP contribution in [0, 0.1) is 0 Å². The quantitative estimate of drug-likeness (QED) is 0.416. The van der Waals surface area contributed by atoms with E-state index in [0.717, 1.165) is 31.0 Å². The monoisotopic (exact) mass is 456 g/mol. The third kappa shape index (κ3) is 6.87. The summed E-state index contributed by atoms with van der Waals surface area (Å²) in [6.45, 7) is 1.14. The molecule has 30 heavy (non-hydrogen) atoms. The molecule has 1 fully saturated rings. The van der Waals surface area contributed by atoms with E-state index >= 15 is 0 Å². The molecule has 1 saturated heterocycles. The second kappa shape index (κ2) is 8.42. The maximum absolute atomic E-state index is 11.3. The van der Waals surface area contributed by atoms with Gasteiger partial charge < -0.3 is 4.74 Å². The number of benzene rings is 2. The van der Waals surface area contributed by atoms with Crippen molar-refractivity contribution in [3.8, 4) is 5.75 Å². The summed E-state index contributed by atoms with van der Waals surface area (Å²) in [5.41, 5.74) is 2.09.